The third kappa shape index (κ3) is 2.52. The van der Waals surface area contributed by atoms with Gasteiger partial charge in [-0.3, -0.25) is 9.59 Å². The van der Waals surface area contributed by atoms with E-state index in [1.807, 2.05) is 9.80 Å². The molecule has 3 aliphatic rings. The van der Waals surface area contributed by atoms with Gasteiger partial charge < -0.3 is 19.3 Å². The van der Waals surface area contributed by atoms with Gasteiger partial charge >= 0.3 is 0 Å². The molecule has 2 aliphatic heterocycles. The van der Waals surface area contributed by atoms with Gasteiger partial charge in [0.15, 0.2) is 0 Å². The molecule has 1 aliphatic carbocycles. The van der Waals surface area contributed by atoms with Crippen molar-refractivity contribution in [3.05, 3.63) is 46.8 Å². The highest BCUT2D eigenvalue weighted by Crippen LogP contribution is 2.31. The zero-order valence-corrected chi connectivity index (χ0v) is 13.5. The monoisotopic (exact) mass is 328 g/mol. The van der Waals surface area contributed by atoms with E-state index in [4.69, 9.17) is 9.47 Å². The van der Waals surface area contributed by atoms with Crippen molar-refractivity contribution in [1.29, 1.82) is 0 Å². The van der Waals surface area contributed by atoms with Crippen molar-refractivity contribution in [2.45, 2.75) is 0 Å². The molecule has 0 saturated carbocycles. The molecule has 0 aromatic heterocycles. The number of carbonyl (C=O) groups is 2. The summed E-state index contributed by atoms with van der Waals surface area (Å²) in [5, 5.41) is 0. The number of Topliss-reactive ketones (excluding diaryl/α,β-unsaturated/α-hetero) is 2. The molecule has 126 valence electrons. The van der Waals surface area contributed by atoms with Crippen LogP contribution in [0.5, 0.6) is 0 Å². The first kappa shape index (κ1) is 15.4. The lowest BCUT2D eigenvalue weighted by molar-refractivity contribution is 0.0377. The number of ketones is 2. The van der Waals surface area contributed by atoms with E-state index >= 15 is 0 Å². The van der Waals surface area contributed by atoms with Crippen LogP contribution in [0.15, 0.2) is 35.7 Å². The minimum absolute atomic E-state index is 0.0615. The van der Waals surface area contributed by atoms with E-state index in [0.29, 0.717) is 75.1 Å². The predicted molar refractivity (Wildman–Crippen MR) is 86.9 cm³/mol. The van der Waals surface area contributed by atoms with Gasteiger partial charge in [-0.1, -0.05) is 24.3 Å². The molecule has 0 unspecified atom stereocenters. The minimum atomic E-state index is -0.0615. The van der Waals surface area contributed by atoms with Gasteiger partial charge in [0.05, 0.1) is 26.4 Å². The number of ether oxygens (including phenoxy) is 2. The van der Waals surface area contributed by atoms with Gasteiger partial charge in [-0.15, -0.1) is 0 Å². The summed E-state index contributed by atoms with van der Waals surface area (Å²) in [6, 6.07) is 7.10. The Morgan fingerprint density at radius 2 is 1.04 bits per heavy atom. The molecule has 0 amide bonds. The summed E-state index contributed by atoms with van der Waals surface area (Å²) in [7, 11) is 0. The molecule has 1 aromatic carbocycles. The molecule has 24 heavy (non-hydrogen) atoms. The molecule has 0 N–H and O–H groups in total. The number of allylic oxidation sites excluding steroid dienone is 2. The van der Waals surface area contributed by atoms with Crippen LogP contribution in [0.1, 0.15) is 20.7 Å². The molecule has 4 rings (SSSR count). The molecule has 2 fully saturated rings. The van der Waals surface area contributed by atoms with Crippen molar-refractivity contribution < 1.29 is 19.1 Å². The first-order valence-electron chi connectivity index (χ1n) is 8.35. The quantitative estimate of drug-likeness (QED) is 0.805. The van der Waals surface area contributed by atoms with E-state index in [2.05, 4.69) is 0 Å². The molecule has 6 heteroatoms. The third-order valence-electron chi connectivity index (χ3n) is 4.73. The van der Waals surface area contributed by atoms with Gasteiger partial charge in [-0.2, -0.15) is 0 Å². The van der Waals surface area contributed by atoms with Crippen molar-refractivity contribution >= 4 is 11.6 Å². The summed E-state index contributed by atoms with van der Waals surface area (Å²) in [6.07, 6.45) is 0. The highest BCUT2D eigenvalue weighted by molar-refractivity contribution is 6.26. The fraction of sp³-hybridized carbons (Fsp3) is 0.444. The van der Waals surface area contributed by atoms with Crippen molar-refractivity contribution in [3.8, 4) is 0 Å². The lowest BCUT2D eigenvalue weighted by atomic mass is 9.88. The average Bonchev–Trinajstić information content (AvgIpc) is 2.66. The molecule has 6 nitrogen and oxygen atoms in total. The summed E-state index contributed by atoms with van der Waals surface area (Å²) in [5.41, 5.74) is 2.06. The van der Waals surface area contributed by atoms with E-state index < -0.39 is 0 Å². The fourth-order valence-electron chi connectivity index (χ4n) is 3.51. The molecule has 0 bridgehead atoms. The topological polar surface area (TPSA) is 59.1 Å². The largest absolute Gasteiger partial charge is 0.378 e. The van der Waals surface area contributed by atoms with Crippen molar-refractivity contribution in [3.63, 3.8) is 0 Å². The van der Waals surface area contributed by atoms with Crippen molar-refractivity contribution in [1.82, 2.24) is 9.80 Å². The van der Waals surface area contributed by atoms with Crippen LogP contribution in [-0.4, -0.2) is 74.0 Å². The first-order chi connectivity index (χ1) is 11.8. The Labute approximate surface area is 140 Å². The van der Waals surface area contributed by atoms with Gasteiger partial charge in [0.1, 0.15) is 11.4 Å². The predicted octanol–water partition coefficient (Wildman–Crippen LogP) is 0.942. The zero-order chi connectivity index (χ0) is 16.5. The number of fused-ring (bicyclic) bond motifs is 1. The van der Waals surface area contributed by atoms with Gasteiger partial charge in [-0.05, 0) is 0 Å². The Morgan fingerprint density at radius 1 is 0.667 bits per heavy atom. The summed E-state index contributed by atoms with van der Waals surface area (Å²) < 4.78 is 10.8. The number of hydrogen-bond donors (Lipinski definition) is 0. The van der Waals surface area contributed by atoms with Crippen molar-refractivity contribution in [2.75, 3.05) is 52.6 Å². The van der Waals surface area contributed by atoms with Crippen LogP contribution < -0.4 is 0 Å². The number of rotatable bonds is 2. The minimum Gasteiger partial charge on any atom is -0.378 e. The van der Waals surface area contributed by atoms with E-state index in [-0.39, 0.29) is 11.6 Å². The smallest absolute Gasteiger partial charge is 0.212 e. The van der Waals surface area contributed by atoms with Crippen LogP contribution in [0, 0.1) is 0 Å². The van der Waals surface area contributed by atoms with Gasteiger partial charge in [-0.25, -0.2) is 0 Å². The Morgan fingerprint density at radius 3 is 1.42 bits per heavy atom. The number of carbonyl (C=O) groups excluding carboxylic acids is 2. The molecule has 0 spiro atoms. The third-order valence-corrected chi connectivity index (χ3v) is 4.73. The van der Waals surface area contributed by atoms with Crippen LogP contribution in [0.4, 0.5) is 0 Å². The average molecular weight is 328 g/mol. The lowest BCUT2D eigenvalue weighted by Gasteiger charge is -2.38. The molecular weight excluding hydrogens is 308 g/mol. The van der Waals surface area contributed by atoms with Crippen LogP contribution in [0.2, 0.25) is 0 Å². The normalized spacial score (nSPS) is 22.0. The Kier molecular flexibility index (Phi) is 4.08. The second-order valence-electron chi connectivity index (χ2n) is 6.10. The lowest BCUT2D eigenvalue weighted by Crippen LogP contribution is -2.46. The molecule has 0 atom stereocenters. The molecule has 2 saturated heterocycles. The second-order valence-corrected chi connectivity index (χ2v) is 6.10. The van der Waals surface area contributed by atoms with E-state index in [1.54, 1.807) is 24.3 Å². The van der Waals surface area contributed by atoms with Crippen LogP contribution in [0.25, 0.3) is 0 Å². The van der Waals surface area contributed by atoms with E-state index in [0.717, 1.165) is 0 Å². The Hall–Kier alpha value is -2.18. The Balaban J connectivity index is 1.83. The van der Waals surface area contributed by atoms with Crippen LogP contribution in [0.3, 0.4) is 0 Å². The number of nitrogens with zero attached hydrogens (tertiary/aromatic N) is 2. The molecule has 1 aromatic rings. The highest BCUT2D eigenvalue weighted by atomic mass is 16.5. The first-order valence-corrected chi connectivity index (χ1v) is 8.35. The molecular formula is C18H20N2O4. The van der Waals surface area contributed by atoms with Crippen molar-refractivity contribution in [2.24, 2.45) is 0 Å². The summed E-state index contributed by atoms with van der Waals surface area (Å²) >= 11 is 0. The van der Waals surface area contributed by atoms with Crippen LogP contribution in [-0.2, 0) is 9.47 Å². The summed E-state index contributed by atoms with van der Waals surface area (Å²) in [5.74, 6) is -0.123. The summed E-state index contributed by atoms with van der Waals surface area (Å²) in [6.45, 7) is 4.81. The van der Waals surface area contributed by atoms with E-state index in [1.165, 1.54) is 0 Å². The standard InChI is InChI=1S/C18H20N2O4/c21-17-13-3-1-2-4-14(13)18(22)16(20-7-11-24-12-8-20)15(17)19-5-9-23-10-6-19/h1-4H,5-12H2. The molecule has 2 heterocycles. The highest BCUT2D eigenvalue weighted by Gasteiger charge is 2.38. The van der Waals surface area contributed by atoms with E-state index in [9.17, 15) is 9.59 Å². The maximum absolute atomic E-state index is 13.2. The van der Waals surface area contributed by atoms with Gasteiger partial charge in [0, 0.05) is 37.3 Å². The number of morpholine rings is 2. The second kappa shape index (κ2) is 6.37. The van der Waals surface area contributed by atoms with Gasteiger partial charge in [0.2, 0.25) is 11.6 Å². The molecule has 0 radical (unpaired) electrons. The van der Waals surface area contributed by atoms with Crippen LogP contribution >= 0.6 is 0 Å². The fourth-order valence-corrected chi connectivity index (χ4v) is 3.51. The maximum atomic E-state index is 13.2. The number of hydrogen-bond acceptors (Lipinski definition) is 6. The zero-order valence-electron chi connectivity index (χ0n) is 13.5. The van der Waals surface area contributed by atoms with Gasteiger partial charge in [0.25, 0.3) is 0 Å². The SMILES string of the molecule is O=C1C(N2CCOCC2)=C(N2CCOCC2)C(=O)c2ccccc21. The number of benzene rings is 1. The maximum Gasteiger partial charge on any atom is 0.212 e. The Bertz CT molecular complexity index is 642. The summed E-state index contributed by atoms with van der Waals surface area (Å²) in [4.78, 5) is 30.3.